The number of likely N-dealkylation sites (tertiary alicyclic amines) is 1. The predicted molar refractivity (Wildman–Crippen MR) is 96.8 cm³/mol. The summed E-state index contributed by atoms with van der Waals surface area (Å²) in [7, 11) is 1.78. The van der Waals surface area contributed by atoms with E-state index in [2.05, 4.69) is 15.0 Å². The minimum Gasteiger partial charge on any atom is -0.374 e. The molecule has 4 rings (SSSR count). The number of fused-ring (bicyclic) bond motifs is 1. The first-order valence-corrected chi connectivity index (χ1v) is 8.95. The number of aryl methyl sites for hydroxylation is 1. The maximum Gasteiger partial charge on any atom is 0.257 e. The normalized spacial score (nSPS) is 22.5. The first-order valence-electron chi connectivity index (χ1n) is 8.95. The minimum absolute atomic E-state index is 0.0529. The van der Waals surface area contributed by atoms with Crippen molar-refractivity contribution in [2.75, 3.05) is 26.7 Å². The number of rotatable bonds is 2. The molecule has 140 valence electrons. The van der Waals surface area contributed by atoms with Crippen LogP contribution in [-0.4, -0.2) is 75.5 Å². The fraction of sp³-hybridized carbons (Fsp3) is 0.421. The van der Waals surface area contributed by atoms with Crippen LogP contribution in [0, 0.1) is 6.92 Å². The topological polar surface area (TPSA) is 88.5 Å². The molecule has 27 heavy (non-hydrogen) atoms. The van der Waals surface area contributed by atoms with Crippen LogP contribution in [0.4, 0.5) is 0 Å². The van der Waals surface area contributed by atoms with E-state index < -0.39 is 0 Å². The lowest BCUT2D eigenvalue weighted by molar-refractivity contribution is -0.131. The van der Waals surface area contributed by atoms with Crippen LogP contribution in [-0.2, 0) is 9.53 Å². The summed E-state index contributed by atoms with van der Waals surface area (Å²) in [6.07, 6.45) is 5.18. The molecule has 0 bridgehead atoms. The Bertz CT molecular complexity index is 873. The van der Waals surface area contributed by atoms with Gasteiger partial charge in [-0.05, 0) is 19.1 Å². The number of amides is 2. The molecule has 0 N–H and O–H groups in total. The van der Waals surface area contributed by atoms with Gasteiger partial charge in [0.1, 0.15) is 0 Å². The van der Waals surface area contributed by atoms with Crippen LogP contribution in [0.3, 0.4) is 0 Å². The molecule has 2 aliphatic heterocycles. The van der Waals surface area contributed by atoms with Crippen LogP contribution in [0.15, 0.2) is 30.7 Å². The van der Waals surface area contributed by atoms with Crippen molar-refractivity contribution in [1.82, 2.24) is 24.8 Å². The monoisotopic (exact) mass is 367 g/mol. The summed E-state index contributed by atoms with van der Waals surface area (Å²) >= 11 is 0. The highest BCUT2D eigenvalue weighted by Gasteiger charge is 2.42. The lowest BCUT2D eigenvalue weighted by Crippen LogP contribution is -2.43. The highest BCUT2D eigenvalue weighted by molar-refractivity contribution is 5.95. The predicted octanol–water partition coefficient (Wildman–Crippen LogP) is 0.919. The van der Waals surface area contributed by atoms with E-state index in [1.165, 1.54) is 0 Å². The van der Waals surface area contributed by atoms with E-state index in [9.17, 15) is 9.59 Å². The maximum atomic E-state index is 13.0. The second kappa shape index (κ2) is 7.03. The number of hydrogen-bond donors (Lipinski definition) is 0. The van der Waals surface area contributed by atoms with Crippen molar-refractivity contribution in [2.45, 2.75) is 25.5 Å². The Balaban J connectivity index is 1.54. The Labute approximate surface area is 157 Å². The lowest BCUT2D eigenvalue weighted by atomic mass is 10.2. The van der Waals surface area contributed by atoms with Crippen molar-refractivity contribution < 1.29 is 14.3 Å². The van der Waals surface area contributed by atoms with Gasteiger partial charge >= 0.3 is 0 Å². The Morgan fingerprint density at radius 2 is 2.15 bits per heavy atom. The summed E-state index contributed by atoms with van der Waals surface area (Å²) in [6.45, 7) is 3.11. The summed E-state index contributed by atoms with van der Waals surface area (Å²) in [5, 5.41) is 0. The average molecular weight is 367 g/mol. The van der Waals surface area contributed by atoms with Crippen LogP contribution in [0.1, 0.15) is 22.5 Å². The summed E-state index contributed by atoms with van der Waals surface area (Å²) < 4.78 is 5.80. The smallest absolute Gasteiger partial charge is 0.257 e. The van der Waals surface area contributed by atoms with Gasteiger partial charge in [0.05, 0.1) is 36.4 Å². The molecular weight excluding hydrogens is 346 g/mol. The SMILES string of the molecule is Cc1nc(-c2cccnc2)ncc1C(=O)N1C[C@@H]2OCCC(=O)N(C)[C@H]2C1. The largest absolute Gasteiger partial charge is 0.374 e. The van der Waals surface area contributed by atoms with Gasteiger partial charge < -0.3 is 14.5 Å². The molecule has 0 saturated carbocycles. The number of nitrogens with zero attached hydrogens (tertiary/aromatic N) is 5. The Morgan fingerprint density at radius 3 is 2.89 bits per heavy atom. The molecule has 0 unspecified atom stereocenters. The first kappa shape index (κ1) is 17.5. The molecule has 0 radical (unpaired) electrons. The van der Waals surface area contributed by atoms with Crippen molar-refractivity contribution in [2.24, 2.45) is 0 Å². The molecule has 2 aromatic rings. The third-order valence-electron chi connectivity index (χ3n) is 5.19. The van der Waals surface area contributed by atoms with Gasteiger partial charge in [-0.1, -0.05) is 0 Å². The van der Waals surface area contributed by atoms with Gasteiger partial charge in [0.15, 0.2) is 5.82 Å². The van der Waals surface area contributed by atoms with Crippen LogP contribution in [0.2, 0.25) is 0 Å². The number of pyridine rings is 1. The Hall–Kier alpha value is -2.87. The van der Waals surface area contributed by atoms with Crippen LogP contribution in [0.5, 0.6) is 0 Å². The van der Waals surface area contributed by atoms with Crippen LogP contribution < -0.4 is 0 Å². The van der Waals surface area contributed by atoms with Gasteiger partial charge in [0, 0.05) is 44.3 Å². The van der Waals surface area contributed by atoms with Gasteiger partial charge in [-0.15, -0.1) is 0 Å². The summed E-state index contributed by atoms with van der Waals surface area (Å²) in [6, 6.07) is 3.58. The van der Waals surface area contributed by atoms with Gasteiger partial charge in [0.25, 0.3) is 5.91 Å². The van der Waals surface area contributed by atoms with Gasteiger partial charge in [-0.25, -0.2) is 9.97 Å². The Kier molecular flexibility index (Phi) is 4.57. The van der Waals surface area contributed by atoms with Crippen LogP contribution >= 0.6 is 0 Å². The molecular formula is C19H21N5O3. The van der Waals surface area contributed by atoms with Crippen molar-refractivity contribution in [3.63, 3.8) is 0 Å². The van der Waals surface area contributed by atoms with E-state index >= 15 is 0 Å². The zero-order chi connectivity index (χ0) is 19.0. The highest BCUT2D eigenvalue weighted by Crippen LogP contribution is 2.24. The van der Waals surface area contributed by atoms with E-state index in [1.807, 2.05) is 12.1 Å². The van der Waals surface area contributed by atoms with E-state index in [-0.39, 0.29) is 24.0 Å². The van der Waals surface area contributed by atoms with Crippen LogP contribution in [0.25, 0.3) is 11.4 Å². The molecule has 0 aromatic carbocycles. The standard InChI is InChI=1S/C19H21N5O3/c1-12-14(9-21-18(22-12)13-4-3-6-20-8-13)19(26)24-10-15-16(11-24)27-7-5-17(25)23(15)2/h3-4,6,8-9,15-16H,5,7,10-11H2,1-2H3/t15-,16-/m0/s1. The molecule has 2 amide bonds. The van der Waals surface area contributed by atoms with E-state index in [1.54, 1.807) is 42.4 Å². The summed E-state index contributed by atoms with van der Waals surface area (Å²) in [5.74, 6) is 0.456. The zero-order valence-electron chi connectivity index (χ0n) is 15.3. The summed E-state index contributed by atoms with van der Waals surface area (Å²) in [4.78, 5) is 41.4. The van der Waals surface area contributed by atoms with Gasteiger partial charge in [0.2, 0.25) is 5.91 Å². The van der Waals surface area contributed by atoms with Crippen molar-refractivity contribution in [1.29, 1.82) is 0 Å². The molecule has 2 fully saturated rings. The average Bonchev–Trinajstić information content (AvgIpc) is 3.06. The molecule has 2 atom stereocenters. The fourth-order valence-electron chi connectivity index (χ4n) is 3.60. The molecule has 2 aromatic heterocycles. The van der Waals surface area contributed by atoms with E-state index in [0.717, 1.165) is 5.56 Å². The molecule has 8 nitrogen and oxygen atoms in total. The fourth-order valence-corrected chi connectivity index (χ4v) is 3.60. The van der Waals surface area contributed by atoms with Gasteiger partial charge in [-0.3, -0.25) is 14.6 Å². The molecule has 8 heteroatoms. The minimum atomic E-state index is -0.152. The second-order valence-corrected chi connectivity index (χ2v) is 6.88. The summed E-state index contributed by atoms with van der Waals surface area (Å²) in [5.41, 5.74) is 1.89. The third-order valence-corrected chi connectivity index (χ3v) is 5.19. The molecule has 4 heterocycles. The lowest BCUT2D eigenvalue weighted by Gasteiger charge is -2.25. The third kappa shape index (κ3) is 3.28. The van der Waals surface area contributed by atoms with Gasteiger partial charge in [-0.2, -0.15) is 0 Å². The van der Waals surface area contributed by atoms with E-state index in [4.69, 9.17) is 4.74 Å². The number of aromatic nitrogens is 3. The van der Waals surface area contributed by atoms with E-state index in [0.29, 0.717) is 43.2 Å². The number of carbonyl (C=O) groups is 2. The van der Waals surface area contributed by atoms with Crippen molar-refractivity contribution in [3.05, 3.63) is 42.0 Å². The van der Waals surface area contributed by atoms with Crippen molar-refractivity contribution in [3.8, 4) is 11.4 Å². The number of ether oxygens (including phenoxy) is 1. The first-order chi connectivity index (χ1) is 13.0. The molecule has 2 saturated heterocycles. The molecule has 0 spiro atoms. The zero-order valence-corrected chi connectivity index (χ0v) is 15.3. The molecule has 0 aliphatic carbocycles. The Morgan fingerprint density at radius 1 is 1.30 bits per heavy atom. The second-order valence-electron chi connectivity index (χ2n) is 6.88. The number of carbonyl (C=O) groups excluding carboxylic acids is 2. The number of hydrogen-bond acceptors (Lipinski definition) is 6. The number of likely N-dealkylation sites (N-methyl/N-ethyl adjacent to an activating group) is 1. The maximum absolute atomic E-state index is 13.0. The quantitative estimate of drug-likeness (QED) is 0.784. The highest BCUT2D eigenvalue weighted by atomic mass is 16.5. The van der Waals surface area contributed by atoms with Crippen molar-refractivity contribution >= 4 is 11.8 Å². The molecule has 2 aliphatic rings.